The predicted molar refractivity (Wildman–Crippen MR) is 40.3 cm³/mol. The van der Waals surface area contributed by atoms with E-state index in [9.17, 15) is 0 Å². The maximum Gasteiger partial charge on any atom is 0.770 e. The van der Waals surface area contributed by atoms with Crippen molar-refractivity contribution >= 4 is 7.32 Å². The Morgan fingerprint density at radius 1 is 1.00 bits per heavy atom. The molecule has 1 rings (SSSR count). The lowest BCUT2D eigenvalue weighted by Gasteiger charge is -2.06. The Labute approximate surface area is 69.1 Å². The van der Waals surface area contributed by atoms with E-state index in [0.717, 1.165) is 0 Å². The third-order valence-corrected chi connectivity index (χ3v) is 1.15. The largest absolute Gasteiger partial charge is 0.770 e. The Morgan fingerprint density at radius 2 is 1.58 bits per heavy atom. The molecule has 0 saturated heterocycles. The zero-order valence-electron chi connectivity index (χ0n) is 6.08. The van der Waals surface area contributed by atoms with Gasteiger partial charge in [-0.05, 0) is 12.1 Å². The van der Waals surface area contributed by atoms with Gasteiger partial charge in [-0.25, -0.2) is 9.61 Å². The normalized spacial score (nSPS) is 9.50. The molecule has 6 heteroatoms. The van der Waals surface area contributed by atoms with Crippen LogP contribution in [0.25, 0.3) is 0 Å². The molecule has 0 fully saturated rings. The van der Waals surface area contributed by atoms with Gasteiger partial charge in [0.1, 0.15) is 5.75 Å². The number of para-hydroxylation sites is 1. The van der Waals surface area contributed by atoms with Crippen molar-refractivity contribution in [1.29, 1.82) is 0 Å². The van der Waals surface area contributed by atoms with Gasteiger partial charge >= 0.3 is 7.32 Å². The molecule has 1 aromatic carbocycles. The van der Waals surface area contributed by atoms with Crippen LogP contribution >= 0.6 is 0 Å². The number of rotatable bonds is 4. The van der Waals surface area contributed by atoms with Crippen LogP contribution in [0.4, 0.5) is 0 Å². The fraction of sp³-hybridized carbons (Fsp3) is 0. The van der Waals surface area contributed by atoms with E-state index in [-0.39, 0.29) is 0 Å². The number of hydrogen-bond donors (Lipinski definition) is 2. The van der Waals surface area contributed by atoms with Gasteiger partial charge in [0.2, 0.25) is 0 Å². The van der Waals surface area contributed by atoms with Gasteiger partial charge in [0.25, 0.3) is 0 Å². The van der Waals surface area contributed by atoms with Gasteiger partial charge < -0.3 is 4.65 Å². The first-order valence-corrected chi connectivity index (χ1v) is 3.19. The van der Waals surface area contributed by atoms with E-state index in [0.29, 0.717) is 5.75 Å². The molecule has 5 nitrogen and oxygen atoms in total. The van der Waals surface area contributed by atoms with Crippen molar-refractivity contribution in [3.63, 3.8) is 0 Å². The summed E-state index contributed by atoms with van der Waals surface area (Å²) in [7, 11) is -1.52. The minimum atomic E-state index is -1.52. The van der Waals surface area contributed by atoms with Crippen LogP contribution in [0.1, 0.15) is 0 Å². The average Bonchev–Trinajstić information content (AvgIpc) is 2.16. The van der Waals surface area contributed by atoms with Gasteiger partial charge in [-0.3, -0.25) is 10.5 Å². The molecular formula is C6H7BO5. The van der Waals surface area contributed by atoms with Gasteiger partial charge in [-0.15, -0.1) is 0 Å². The summed E-state index contributed by atoms with van der Waals surface area (Å²) in [5, 5.41) is 16.2. The van der Waals surface area contributed by atoms with Crippen LogP contribution in [0.2, 0.25) is 0 Å². The first-order valence-electron chi connectivity index (χ1n) is 3.19. The molecule has 64 valence electrons. The summed E-state index contributed by atoms with van der Waals surface area (Å²) in [6, 6.07) is 8.47. The zero-order chi connectivity index (χ0) is 8.81. The van der Waals surface area contributed by atoms with Gasteiger partial charge in [-0.2, -0.15) is 0 Å². The van der Waals surface area contributed by atoms with Gasteiger partial charge in [-0.1, -0.05) is 18.2 Å². The van der Waals surface area contributed by atoms with E-state index >= 15 is 0 Å². The highest BCUT2D eigenvalue weighted by Crippen LogP contribution is 2.09. The van der Waals surface area contributed by atoms with Crippen LogP contribution < -0.4 is 4.65 Å². The van der Waals surface area contributed by atoms with Crippen LogP contribution in [-0.2, 0) is 9.61 Å². The minimum absolute atomic E-state index is 0.408. The highest BCUT2D eigenvalue weighted by atomic mass is 17.2. The molecule has 0 heterocycles. The maximum absolute atomic E-state index is 8.08. The van der Waals surface area contributed by atoms with Crippen molar-refractivity contribution in [2.75, 3.05) is 0 Å². The number of benzene rings is 1. The monoisotopic (exact) mass is 170 g/mol. The van der Waals surface area contributed by atoms with Crippen molar-refractivity contribution in [1.82, 2.24) is 0 Å². The fourth-order valence-corrected chi connectivity index (χ4v) is 0.672. The van der Waals surface area contributed by atoms with E-state index in [2.05, 4.69) is 9.61 Å². The summed E-state index contributed by atoms with van der Waals surface area (Å²) in [5.74, 6) is 0.408. The summed E-state index contributed by atoms with van der Waals surface area (Å²) in [4.78, 5) is 7.22. The molecule has 1 aromatic rings. The second-order valence-electron chi connectivity index (χ2n) is 1.93. The summed E-state index contributed by atoms with van der Waals surface area (Å²) in [6.07, 6.45) is 0. The second-order valence-corrected chi connectivity index (χ2v) is 1.93. The van der Waals surface area contributed by atoms with Crippen molar-refractivity contribution < 1.29 is 24.8 Å². The Bertz CT molecular complexity index is 212. The van der Waals surface area contributed by atoms with Crippen LogP contribution in [0.15, 0.2) is 30.3 Å². The van der Waals surface area contributed by atoms with Crippen molar-refractivity contribution in [2.24, 2.45) is 0 Å². The summed E-state index contributed by atoms with van der Waals surface area (Å²) in [5.41, 5.74) is 0. The van der Waals surface area contributed by atoms with Crippen LogP contribution in [-0.4, -0.2) is 17.8 Å². The molecule has 12 heavy (non-hydrogen) atoms. The molecular weight excluding hydrogens is 163 g/mol. The zero-order valence-corrected chi connectivity index (χ0v) is 6.08. The lowest BCUT2D eigenvalue weighted by atomic mass is 10.2. The SMILES string of the molecule is OOB(OO)Oc1ccccc1. The standard InChI is InChI=1S/C6H7BO5/c8-11-7(12-9)10-6-4-2-1-3-5-6/h1-5,8-9H. The summed E-state index contributed by atoms with van der Waals surface area (Å²) in [6.45, 7) is 0. The second kappa shape index (κ2) is 4.73. The molecule has 0 unspecified atom stereocenters. The molecule has 0 radical (unpaired) electrons. The van der Waals surface area contributed by atoms with E-state index in [1.807, 2.05) is 0 Å². The molecule has 0 bridgehead atoms. The minimum Gasteiger partial charge on any atom is -0.509 e. The van der Waals surface area contributed by atoms with Crippen molar-refractivity contribution in [3.8, 4) is 5.75 Å². The topological polar surface area (TPSA) is 68.2 Å². The van der Waals surface area contributed by atoms with E-state index < -0.39 is 7.32 Å². The highest BCUT2D eigenvalue weighted by molar-refractivity contribution is 6.36. The molecule has 0 aliphatic rings. The molecule has 0 aliphatic heterocycles. The van der Waals surface area contributed by atoms with Crippen LogP contribution in [0, 0.1) is 0 Å². The lowest BCUT2D eigenvalue weighted by molar-refractivity contribution is -0.242. The van der Waals surface area contributed by atoms with Crippen molar-refractivity contribution in [2.45, 2.75) is 0 Å². The lowest BCUT2D eigenvalue weighted by Crippen LogP contribution is -2.27. The Morgan fingerprint density at radius 3 is 2.08 bits per heavy atom. The van der Waals surface area contributed by atoms with E-state index in [1.54, 1.807) is 30.3 Å². The maximum atomic E-state index is 8.08. The quantitative estimate of drug-likeness (QED) is 0.401. The third-order valence-electron chi connectivity index (χ3n) is 1.15. The third kappa shape index (κ3) is 2.52. The highest BCUT2D eigenvalue weighted by Gasteiger charge is 2.24. The molecule has 2 N–H and O–H groups in total. The van der Waals surface area contributed by atoms with Gasteiger partial charge in [0.15, 0.2) is 0 Å². The smallest absolute Gasteiger partial charge is 0.509 e. The first kappa shape index (κ1) is 9.02. The van der Waals surface area contributed by atoms with E-state index in [1.165, 1.54) is 0 Å². The average molecular weight is 170 g/mol. The fourth-order valence-electron chi connectivity index (χ4n) is 0.672. The molecule has 0 aliphatic carbocycles. The summed E-state index contributed by atoms with van der Waals surface area (Å²) < 4.78 is 4.77. The van der Waals surface area contributed by atoms with Gasteiger partial charge in [0, 0.05) is 0 Å². The van der Waals surface area contributed by atoms with Crippen LogP contribution in [0.5, 0.6) is 5.75 Å². The number of hydrogen-bond acceptors (Lipinski definition) is 5. The van der Waals surface area contributed by atoms with Crippen molar-refractivity contribution in [3.05, 3.63) is 30.3 Å². The molecule has 0 saturated carbocycles. The Balaban J connectivity index is 2.51. The molecule has 0 spiro atoms. The first-order chi connectivity index (χ1) is 5.86. The predicted octanol–water partition coefficient (Wildman–Crippen LogP) is 1.03. The summed E-state index contributed by atoms with van der Waals surface area (Å²) >= 11 is 0. The molecule has 0 aromatic heterocycles. The van der Waals surface area contributed by atoms with E-state index in [4.69, 9.17) is 15.2 Å². The Kier molecular flexibility index (Phi) is 3.56. The van der Waals surface area contributed by atoms with Crippen LogP contribution in [0.3, 0.4) is 0 Å². The molecule has 0 atom stereocenters. The Hall–Kier alpha value is -1.08. The van der Waals surface area contributed by atoms with Gasteiger partial charge in [0.05, 0.1) is 0 Å². The molecule has 0 amide bonds.